The summed E-state index contributed by atoms with van der Waals surface area (Å²) in [4.78, 5) is 4.49. The Morgan fingerprint density at radius 1 is 1.29 bits per heavy atom. The van der Waals surface area contributed by atoms with Crippen molar-refractivity contribution in [1.82, 2.24) is 10.3 Å². The van der Waals surface area contributed by atoms with Crippen molar-refractivity contribution in [3.8, 4) is 0 Å². The number of para-hydroxylation sites is 1. The lowest BCUT2D eigenvalue weighted by molar-refractivity contribution is 0.414. The maximum absolute atomic E-state index is 5.76. The van der Waals surface area contributed by atoms with Crippen LogP contribution in [0.4, 0.5) is 0 Å². The van der Waals surface area contributed by atoms with Crippen LogP contribution in [0.15, 0.2) is 22.6 Å². The molecule has 1 aromatic carbocycles. The van der Waals surface area contributed by atoms with Crippen LogP contribution in [0.2, 0.25) is 0 Å². The summed E-state index contributed by atoms with van der Waals surface area (Å²) < 4.78 is 5.76. The summed E-state index contributed by atoms with van der Waals surface area (Å²) in [6.45, 7) is 9.40. The van der Waals surface area contributed by atoms with E-state index in [1.165, 1.54) is 0 Å². The molecule has 0 amide bonds. The number of hydrogen-bond donors (Lipinski definition) is 1. The number of hydrogen-bond acceptors (Lipinski definition) is 3. The second kappa shape index (κ2) is 4.49. The number of aromatic nitrogens is 1. The Labute approximate surface area is 102 Å². The highest BCUT2D eigenvalue weighted by molar-refractivity contribution is 5.75. The van der Waals surface area contributed by atoms with Gasteiger partial charge in [-0.2, -0.15) is 0 Å². The van der Waals surface area contributed by atoms with Gasteiger partial charge in [0.25, 0.3) is 0 Å². The zero-order valence-electron chi connectivity index (χ0n) is 11.0. The number of fused-ring (bicyclic) bond motifs is 1. The first kappa shape index (κ1) is 12.1. The van der Waals surface area contributed by atoms with Crippen molar-refractivity contribution in [2.45, 2.75) is 39.7 Å². The molecular weight excluding hydrogens is 212 g/mol. The van der Waals surface area contributed by atoms with Gasteiger partial charge in [-0.05, 0) is 39.3 Å². The van der Waals surface area contributed by atoms with E-state index in [1.807, 2.05) is 25.1 Å². The standard InChI is InChI=1S/C14H20N2O/c1-10-6-5-7-11-13(10)17-12(16-11)8-9-15-14(2,3)4/h5-7,15H,8-9H2,1-4H3. The molecule has 0 aliphatic rings. The maximum Gasteiger partial charge on any atom is 0.196 e. The summed E-state index contributed by atoms with van der Waals surface area (Å²) in [6, 6.07) is 6.05. The highest BCUT2D eigenvalue weighted by Crippen LogP contribution is 2.19. The van der Waals surface area contributed by atoms with Crippen LogP contribution in [0.3, 0.4) is 0 Å². The van der Waals surface area contributed by atoms with Gasteiger partial charge in [-0.3, -0.25) is 0 Å². The fourth-order valence-electron chi connectivity index (χ4n) is 1.78. The summed E-state index contributed by atoms with van der Waals surface area (Å²) >= 11 is 0. The summed E-state index contributed by atoms with van der Waals surface area (Å²) in [6.07, 6.45) is 0.825. The molecule has 0 saturated heterocycles. The quantitative estimate of drug-likeness (QED) is 0.883. The van der Waals surface area contributed by atoms with Gasteiger partial charge in [0.1, 0.15) is 5.52 Å². The molecule has 1 N–H and O–H groups in total. The average Bonchev–Trinajstić information content (AvgIpc) is 2.60. The lowest BCUT2D eigenvalue weighted by Crippen LogP contribution is -2.37. The van der Waals surface area contributed by atoms with E-state index in [2.05, 4.69) is 31.1 Å². The molecule has 0 radical (unpaired) electrons. The Balaban J connectivity index is 2.07. The van der Waals surface area contributed by atoms with Gasteiger partial charge in [0, 0.05) is 18.5 Å². The van der Waals surface area contributed by atoms with Gasteiger partial charge in [0.05, 0.1) is 0 Å². The van der Waals surface area contributed by atoms with E-state index in [0.717, 1.165) is 35.5 Å². The third kappa shape index (κ3) is 3.07. The van der Waals surface area contributed by atoms with Gasteiger partial charge < -0.3 is 9.73 Å². The van der Waals surface area contributed by atoms with Gasteiger partial charge in [-0.25, -0.2) is 4.98 Å². The van der Waals surface area contributed by atoms with Gasteiger partial charge in [-0.15, -0.1) is 0 Å². The molecule has 0 aliphatic heterocycles. The first-order valence-electron chi connectivity index (χ1n) is 6.06. The van der Waals surface area contributed by atoms with E-state index in [4.69, 9.17) is 4.42 Å². The molecule has 92 valence electrons. The third-order valence-corrected chi connectivity index (χ3v) is 2.65. The molecule has 1 aromatic heterocycles. The van der Waals surface area contributed by atoms with E-state index in [1.54, 1.807) is 0 Å². The Morgan fingerprint density at radius 3 is 2.71 bits per heavy atom. The SMILES string of the molecule is Cc1cccc2nc(CCNC(C)(C)C)oc12. The van der Waals surface area contributed by atoms with Crippen molar-refractivity contribution >= 4 is 11.1 Å². The Bertz CT molecular complexity index is 508. The highest BCUT2D eigenvalue weighted by Gasteiger charge is 2.10. The van der Waals surface area contributed by atoms with Crippen molar-refractivity contribution in [2.24, 2.45) is 0 Å². The lowest BCUT2D eigenvalue weighted by atomic mass is 10.1. The topological polar surface area (TPSA) is 38.1 Å². The molecule has 1 heterocycles. The fourth-order valence-corrected chi connectivity index (χ4v) is 1.78. The predicted molar refractivity (Wildman–Crippen MR) is 70.2 cm³/mol. The number of oxazole rings is 1. The Hall–Kier alpha value is -1.35. The summed E-state index contributed by atoms with van der Waals surface area (Å²) in [5.41, 5.74) is 3.15. The number of nitrogens with one attached hydrogen (secondary N) is 1. The predicted octanol–water partition coefficient (Wildman–Crippen LogP) is 3.07. The van der Waals surface area contributed by atoms with Crippen LogP contribution in [0.5, 0.6) is 0 Å². The van der Waals surface area contributed by atoms with Crippen molar-refractivity contribution < 1.29 is 4.42 Å². The molecule has 0 bridgehead atoms. The monoisotopic (exact) mass is 232 g/mol. The second-order valence-electron chi connectivity index (χ2n) is 5.46. The van der Waals surface area contributed by atoms with Crippen molar-refractivity contribution in [2.75, 3.05) is 6.54 Å². The number of nitrogens with zero attached hydrogens (tertiary/aromatic N) is 1. The first-order chi connectivity index (χ1) is 7.96. The normalized spacial score (nSPS) is 12.2. The van der Waals surface area contributed by atoms with E-state index in [0.29, 0.717) is 0 Å². The average molecular weight is 232 g/mol. The number of rotatable bonds is 3. The molecule has 0 fully saturated rings. The van der Waals surface area contributed by atoms with E-state index < -0.39 is 0 Å². The van der Waals surface area contributed by atoms with Crippen LogP contribution < -0.4 is 5.32 Å². The highest BCUT2D eigenvalue weighted by atomic mass is 16.3. The van der Waals surface area contributed by atoms with Crippen LogP contribution in [-0.4, -0.2) is 17.1 Å². The molecule has 0 atom stereocenters. The second-order valence-corrected chi connectivity index (χ2v) is 5.46. The molecular formula is C14H20N2O. The van der Waals surface area contributed by atoms with E-state index >= 15 is 0 Å². The summed E-state index contributed by atoms with van der Waals surface area (Å²) in [5.74, 6) is 0.811. The molecule has 0 spiro atoms. The lowest BCUT2D eigenvalue weighted by Gasteiger charge is -2.19. The van der Waals surface area contributed by atoms with Crippen LogP contribution >= 0.6 is 0 Å². The molecule has 0 aliphatic carbocycles. The largest absolute Gasteiger partial charge is 0.440 e. The summed E-state index contributed by atoms with van der Waals surface area (Å²) in [7, 11) is 0. The van der Waals surface area contributed by atoms with Crippen molar-refractivity contribution in [1.29, 1.82) is 0 Å². The maximum atomic E-state index is 5.76. The van der Waals surface area contributed by atoms with E-state index in [9.17, 15) is 0 Å². The first-order valence-corrected chi connectivity index (χ1v) is 6.06. The van der Waals surface area contributed by atoms with Gasteiger partial charge in [0.15, 0.2) is 11.5 Å². The van der Waals surface area contributed by atoms with Crippen LogP contribution in [0.25, 0.3) is 11.1 Å². The molecule has 17 heavy (non-hydrogen) atoms. The number of benzene rings is 1. The van der Waals surface area contributed by atoms with Gasteiger partial charge in [-0.1, -0.05) is 12.1 Å². The molecule has 2 aromatic rings. The van der Waals surface area contributed by atoms with Gasteiger partial charge in [0.2, 0.25) is 0 Å². The van der Waals surface area contributed by atoms with Crippen molar-refractivity contribution in [3.63, 3.8) is 0 Å². The van der Waals surface area contributed by atoms with E-state index in [-0.39, 0.29) is 5.54 Å². The third-order valence-electron chi connectivity index (χ3n) is 2.65. The molecule has 3 nitrogen and oxygen atoms in total. The van der Waals surface area contributed by atoms with Gasteiger partial charge >= 0.3 is 0 Å². The minimum atomic E-state index is 0.141. The smallest absolute Gasteiger partial charge is 0.196 e. The van der Waals surface area contributed by atoms with Crippen molar-refractivity contribution in [3.05, 3.63) is 29.7 Å². The summed E-state index contributed by atoms with van der Waals surface area (Å²) in [5, 5.41) is 3.43. The number of aryl methyl sites for hydroxylation is 1. The van der Waals surface area contributed by atoms with Crippen LogP contribution in [0, 0.1) is 6.92 Å². The Kier molecular flexibility index (Phi) is 3.20. The zero-order valence-corrected chi connectivity index (χ0v) is 11.0. The van der Waals surface area contributed by atoms with Crippen LogP contribution in [0.1, 0.15) is 32.2 Å². The van der Waals surface area contributed by atoms with Crippen LogP contribution in [-0.2, 0) is 6.42 Å². The minimum absolute atomic E-state index is 0.141. The minimum Gasteiger partial charge on any atom is -0.440 e. The molecule has 2 rings (SSSR count). The molecule has 3 heteroatoms. The molecule has 0 saturated carbocycles. The molecule has 0 unspecified atom stereocenters. The Morgan fingerprint density at radius 2 is 2.06 bits per heavy atom. The fraction of sp³-hybridized carbons (Fsp3) is 0.500. The zero-order chi connectivity index (χ0) is 12.5.